The summed E-state index contributed by atoms with van der Waals surface area (Å²) in [5, 5.41) is 0. The van der Waals surface area contributed by atoms with Crippen molar-refractivity contribution in [3.63, 3.8) is 0 Å². The van der Waals surface area contributed by atoms with E-state index in [0.29, 0.717) is 0 Å². The van der Waals surface area contributed by atoms with Crippen LogP contribution in [-0.2, 0) is 10.8 Å². The minimum absolute atomic E-state index is 0.0596. The van der Waals surface area contributed by atoms with Gasteiger partial charge in [-0.3, -0.25) is 0 Å². The van der Waals surface area contributed by atoms with Gasteiger partial charge in [-0.15, -0.1) is 0 Å². The minimum atomic E-state index is -0.0596. The van der Waals surface area contributed by atoms with Crippen molar-refractivity contribution in [1.82, 2.24) is 0 Å². The molecule has 0 saturated heterocycles. The molecule has 0 heterocycles. The standard InChI is InChI=1S/C32H32/c1-30(2)23-31(26-15-7-3-8-16-26,27-17-9-4-10-18-27)25-32(24-30,28-19-11-5-12-20-28)29-21-13-6-14-22-29/h3-22H,23-25H2,1-2H3. The third-order valence-corrected chi connectivity index (χ3v) is 7.47. The lowest BCUT2D eigenvalue weighted by atomic mass is 9.47. The van der Waals surface area contributed by atoms with Gasteiger partial charge in [0.25, 0.3) is 0 Å². The quantitative estimate of drug-likeness (QED) is 0.315. The summed E-state index contributed by atoms with van der Waals surface area (Å²) in [6.07, 6.45) is 3.33. The predicted octanol–water partition coefficient (Wildman–Crippen LogP) is 8.17. The van der Waals surface area contributed by atoms with Gasteiger partial charge in [0.05, 0.1) is 0 Å². The van der Waals surface area contributed by atoms with Crippen LogP contribution in [0.1, 0.15) is 55.4 Å². The molecule has 0 heteroatoms. The molecule has 0 amide bonds. The van der Waals surface area contributed by atoms with Gasteiger partial charge < -0.3 is 0 Å². The van der Waals surface area contributed by atoms with Crippen LogP contribution in [0.4, 0.5) is 0 Å². The summed E-state index contributed by atoms with van der Waals surface area (Å²) in [6.45, 7) is 4.93. The molecule has 0 N–H and O–H groups in total. The third kappa shape index (κ3) is 3.58. The molecular formula is C32H32. The molecule has 0 aliphatic heterocycles. The minimum Gasteiger partial charge on any atom is -0.0622 e. The van der Waals surface area contributed by atoms with Crippen LogP contribution in [-0.4, -0.2) is 0 Å². The van der Waals surface area contributed by atoms with Crippen molar-refractivity contribution in [1.29, 1.82) is 0 Å². The number of rotatable bonds is 4. The van der Waals surface area contributed by atoms with E-state index < -0.39 is 0 Å². The normalized spacial score (nSPS) is 18.7. The first-order valence-electron chi connectivity index (χ1n) is 11.8. The van der Waals surface area contributed by atoms with E-state index >= 15 is 0 Å². The second-order valence-electron chi connectivity index (χ2n) is 10.3. The smallest absolute Gasteiger partial charge is 0.0219 e. The Morgan fingerprint density at radius 2 is 0.625 bits per heavy atom. The molecule has 1 aliphatic rings. The van der Waals surface area contributed by atoms with Crippen LogP contribution in [0.5, 0.6) is 0 Å². The number of benzene rings is 4. The van der Waals surface area contributed by atoms with Crippen molar-refractivity contribution in [2.75, 3.05) is 0 Å². The Hall–Kier alpha value is -3.12. The van der Waals surface area contributed by atoms with Gasteiger partial charge in [-0.2, -0.15) is 0 Å². The molecule has 0 unspecified atom stereocenters. The molecule has 4 aromatic rings. The van der Waals surface area contributed by atoms with Crippen LogP contribution in [0.15, 0.2) is 121 Å². The van der Waals surface area contributed by atoms with E-state index in [1.54, 1.807) is 0 Å². The van der Waals surface area contributed by atoms with Crippen LogP contribution in [0.25, 0.3) is 0 Å². The fourth-order valence-electron chi connectivity index (χ4n) is 6.52. The van der Waals surface area contributed by atoms with E-state index in [1.165, 1.54) is 22.3 Å². The molecular weight excluding hydrogens is 384 g/mol. The highest BCUT2D eigenvalue weighted by Gasteiger charge is 2.54. The topological polar surface area (TPSA) is 0 Å². The fraction of sp³-hybridized carbons (Fsp3) is 0.250. The molecule has 0 radical (unpaired) electrons. The second kappa shape index (κ2) is 8.10. The van der Waals surface area contributed by atoms with E-state index in [-0.39, 0.29) is 16.2 Å². The molecule has 0 atom stereocenters. The fourth-order valence-corrected chi connectivity index (χ4v) is 6.52. The first kappa shape index (κ1) is 20.8. The van der Waals surface area contributed by atoms with Crippen molar-refractivity contribution in [2.24, 2.45) is 5.41 Å². The second-order valence-corrected chi connectivity index (χ2v) is 10.3. The Kier molecular flexibility index (Phi) is 5.25. The van der Waals surface area contributed by atoms with Crippen LogP contribution >= 0.6 is 0 Å². The molecule has 0 spiro atoms. The van der Waals surface area contributed by atoms with Gasteiger partial charge in [-0.05, 0) is 46.9 Å². The summed E-state index contributed by atoms with van der Waals surface area (Å²) in [5.74, 6) is 0. The summed E-state index contributed by atoms with van der Waals surface area (Å²) < 4.78 is 0. The zero-order valence-corrected chi connectivity index (χ0v) is 19.2. The summed E-state index contributed by atoms with van der Waals surface area (Å²) in [5.41, 5.74) is 5.75. The van der Waals surface area contributed by atoms with E-state index in [2.05, 4.69) is 135 Å². The van der Waals surface area contributed by atoms with Crippen molar-refractivity contribution >= 4 is 0 Å². The summed E-state index contributed by atoms with van der Waals surface area (Å²) in [6, 6.07) is 44.9. The van der Waals surface area contributed by atoms with E-state index in [9.17, 15) is 0 Å². The van der Waals surface area contributed by atoms with Crippen molar-refractivity contribution < 1.29 is 0 Å². The van der Waals surface area contributed by atoms with Crippen LogP contribution in [0, 0.1) is 5.41 Å². The zero-order chi connectivity index (χ0) is 22.1. The third-order valence-electron chi connectivity index (χ3n) is 7.47. The van der Waals surface area contributed by atoms with Crippen LogP contribution in [0.3, 0.4) is 0 Å². The average Bonchev–Trinajstić information content (AvgIpc) is 2.85. The molecule has 0 aromatic heterocycles. The first-order chi connectivity index (χ1) is 15.5. The highest BCUT2D eigenvalue weighted by atomic mass is 14.6. The molecule has 160 valence electrons. The summed E-state index contributed by atoms with van der Waals surface area (Å²) >= 11 is 0. The van der Waals surface area contributed by atoms with Gasteiger partial charge in [0, 0.05) is 10.8 Å². The van der Waals surface area contributed by atoms with E-state index in [1.807, 2.05) is 0 Å². The Morgan fingerprint density at radius 1 is 0.375 bits per heavy atom. The van der Waals surface area contributed by atoms with Crippen molar-refractivity contribution in [3.05, 3.63) is 144 Å². The molecule has 1 fully saturated rings. The predicted molar refractivity (Wildman–Crippen MR) is 135 cm³/mol. The molecule has 32 heavy (non-hydrogen) atoms. The summed E-state index contributed by atoms with van der Waals surface area (Å²) in [4.78, 5) is 0. The lowest BCUT2D eigenvalue weighted by molar-refractivity contribution is 0.112. The largest absolute Gasteiger partial charge is 0.0622 e. The molecule has 1 saturated carbocycles. The SMILES string of the molecule is CC1(C)CC(c2ccccc2)(c2ccccc2)CC(c2ccccc2)(c2ccccc2)C1. The summed E-state index contributed by atoms with van der Waals surface area (Å²) in [7, 11) is 0. The van der Waals surface area contributed by atoms with Gasteiger partial charge >= 0.3 is 0 Å². The lowest BCUT2D eigenvalue weighted by Gasteiger charge is -2.55. The molecule has 4 aromatic carbocycles. The molecule has 5 rings (SSSR count). The maximum absolute atomic E-state index is 2.47. The van der Waals surface area contributed by atoms with Gasteiger partial charge in [0.15, 0.2) is 0 Å². The monoisotopic (exact) mass is 416 g/mol. The molecule has 0 bridgehead atoms. The van der Waals surface area contributed by atoms with E-state index in [4.69, 9.17) is 0 Å². The Labute approximate surface area is 193 Å². The lowest BCUT2D eigenvalue weighted by Crippen LogP contribution is -2.49. The number of hydrogen-bond donors (Lipinski definition) is 0. The van der Waals surface area contributed by atoms with Crippen LogP contribution < -0.4 is 0 Å². The average molecular weight is 417 g/mol. The van der Waals surface area contributed by atoms with Crippen molar-refractivity contribution in [3.8, 4) is 0 Å². The zero-order valence-electron chi connectivity index (χ0n) is 19.2. The Morgan fingerprint density at radius 3 is 0.875 bits per heavy atom. The van der Waals surface area contributed by atoms with Gasteiger partial charge in [-0.1, -0.05) is 135 Å². The van der Waals surface area contributed by atoms with E-state index in [0.717, 1.165) is 19.3 Å². The van der Waals surface area contributed by atoms with Gasteiger partial charge in [0.2, 0.25) is 0 Å². The van der Waals surface area contributed by atoms with Gasteiger partial charge in [0.1, 0.15) is 0 Å². The Balaban J connectivity index is 1.82. The highest BCUT2D eigenvalue weighted by Crippen LogP contribution is 2.60. The van der Waals surface area contributed by atoms with Gasteiger partial charge in [-0.25, -0.2) is 0 Å². The Bertz CT molecular complexity index is 970. The maximum atomic E-state index is 2.47. The molecule has 1 aliphatic carbocycles. The maximum Gasteiger partial charge on any atom is 0.0219 e. The first-order valence-corrected chi connectivity index (χ1v) is 11.8. The number of hydrogen-bond acceptors (Lipinski definition) is 0. The van der Waals surface area contributed by atoms with Crippen molar-refractivity contribution in [2.45, 2.75) is 43.9 Å². The highest BCUT2D eigenvalue weighted by molar-refractivity contribution is 5.48. The van der Waals surface area contributed by atoms with Crippen LogP contribution in [0.2, 0.25) is 0 Å². The molecule has 0 nitrogen and oxygen atoms in total.